The third-order valence-electron chi connectivity index (χ3n) is 4.75. The molecule has 3 aromatic rings. The zero-order valence-electron chi connectivity index (χ0n) is 18.7. The number of amides is 2. The molecule has 0 aliphatic heterocycles. The zero-order valence-corrected chi connectivity index (χ0v) is 18.7. The largest absolute Gasteiger partial charge is 0.493 e. The number of nitrogens with one attached hydrogen (secondary N) is 2. The fourth-order valence-corrected chi connectivity index (χ4v) is 3.14. The normalized spacial score (nSPS) is 10.2. The van der Waals surface area contributed by atoms with Crippen molar-refractivity contribution in [2.24, 2.45) is 0 Å². The Balaban J connectivity index is 1.68. The molecule has 0 radical (unpaired) electrons. The second-order valence-electron chi connectivity index (χ2n) is 6.83. The smallest absolute Gasteiger partial charge is 0.255 e. The first kappa shape index (κ1) is 23.5. The molecule has 33 heavy (non-hydrogen) atoms. The van der Waals surface area contributed by atoms with Crippen molar-refractivity contribution in [3.63, 3.8) is 0 Å². The Bertz CT molecular complexity index is 1080. The lowest BCUT2D eigenvalue weighted by Crippen LogP contribution is -2.29. The predicted octanol–water partition coefficient (Wildman–Crippen LogP) is 3.77. The summed E-state index contributed by atoms with van der Waals surface area (Å²) in [6.07, 6.45) is 0. The van der Waals surface area contributed by atoms with E-state index in [0.29, 0.717) is 41.7 Å². The molecule has 172 valence electrons. The maximum Gasteiger partial charge on any atom is 0.255 e. The summed E-state index contributed by atoms with van der Waals surface area (Å²) in [6.45, 7) is 0.624. The molecule has 2 N–H and O–H groups in total. The standard InChI is InChI=1S/C25H26N2O6/c1-30-21-15-17(16-22(31-2)23(21)32-3)24(28)27-20-12-8-7-11-19(20)25(29)26-13-14-33-18-9-5-4-6-10-18/h4-12,15-16H,13-14H2,1-3H3,(H,26,29)(H,27,28). The van der Waals surface area contributed by atoms with Crippen LogP contribution in [0.15, 0.2) is 66.7 Å². The van der Waals surface area contributed by atoms with Crippen LogP contribution in [0, 0.1) is 0 Å². The van der Waals surface area contributed by atoms with Crippen LogP contribution in [0.25, 0.3) is 0 Å². The Hall–Kier alpha value is -4.20. The van der Waals surface area contributed by atoms with E-state index in [-0.39, 0.29) is 11.5 Å². The Morgan fingerprint density at radius 1 is 0.788 bits per heavy atom. The Labute approximate surface area is 192 Å². The molecule has 2 amide bonds. The molecule has 0 saturated carbocycles. The molecular formula is C25H26N2O6. The van der Waals surface area contributed by atoms with Crippen LogP contribution in [0.4, 0.5) is 5.69 Å². The quantitative estimate of drug-likeness (QED) is 0.457. The first-order chi connectivity index (χ1) is 16.1. The predicted molar refractivity (Wildman–Crippen MR) is 125 cm³/mol. The van der Waals surface area contributed by atoms with Gasteiger partial charge in [0.2, 0.25) is 5.75 Å². The maximum absolute atomic E-state index is 12.9. The Kier molecular flexibility index (Phi) is 8.13. The van der Waals surface area contributed by atoms with E-state index in [1.165, 1.54) is 21.3 Å². The van der Waals surface area contributed by atoms with Gasteiger partial charge >= 0.3 is 0 Å². The highest BCUT2D eigenvalue weighted by Crippen LogP contribution is 2.38. The van der Waals surface area contributed by atoms with Crippen LogP contribution in [0.3, 0.4) is 0 Å². The first-order valence-electron chi connectivity index (χ1n) is 10.2. The number of ether oxygens (including phenoxy) is 4. The number of methoxy groups -OCH3 is 3. The highest BCUT2D eigenvalue weighted by Gasteiger charge is 2.19. The van der Waals surface area contributed by atoms with Gasteiger partial charge in [-0.3, -0.25) is 9.59 Å². The van der Waals surface area contributed by atoms with Crippen LogP contribution in [0.5, 0.6) is 23.0 Å². The van der Waals surface area contributed by atoms with Crippen LogP contribution in [-0.2, 0) is 0 Å². The van der Waals surface area contributed by atoms with Gasteiger partial charge in [-0.2, -0.15) is 0 Å². The number of anilines is 1. The van der Waals surface area contributed by atoms with Crippen molar-refractivity contribution in [1.82, 2.24) is 5.32 Å². The number of hydrogen-bond acceptors (Lipinski definition) is 6. The van der Waals surface area contributed by atoms with E-state index < -0.39 is 5.91 Å². The van der Waals surface area contributed by atoms with E-state index in [2.05, 4.69) is 10.6 Å². The summed E-state index contributed by atoms with van der Waals surface area (Å²) < 4.78 is 21.5. The second kappa shape index (κ2) is 11.4. The van der Waals surface area contributed by atoms with Gasteiger partial charge in [-0.25, -0.2) is 0 Å². The fourth-order valence-electron chi connectivity index (χ4n) is 3.14. The lowest BCUT2D eigenvalue weighted by Gasteiger charge is -2.15. The number of carbonyl (C=O) groups excluding carboxylic acids is 2. The van der Waals surface area contributed by atoms with E-state index in [1.54, 1.807) is 36.4 Å². The first-order valence-corrected chi connectivity index (χ1v) is 10.2. The fraction of sp³-hybridized carbons (Fsp3) is 0.200. The molecule has 0 atom stereocenters. The van der Waals surface area contributed by atoms with Crippen molar-refractivity contribution < 1.29 is 28.5 Å². The van der Waals surface area contributed by atoms with Crippen LogP contribution in [0.1, 0.15) is 20.7 Å². The van der Waals surface area contributed by atoms with Gasteiger partial charge in [-0.1, -0.05) is 30.3 Å². The molecule has 0 unspecified atom stereocenters. The Morgan fingerprint density at radius 3 is 2.06 bits per heavy atom. The minimum Gasteiger partial charge on any atom is -0.493 e. The third kappa shape index (κ3) is 5.94. The summed E-state index contributed by atoms with van der Waals surface area (Å²) in [5.74, 6) is 1.06. The van der Waals surface area contributed by atoms with Crippen LogP contribution in [0.2, 0.25) is 0 Å². The Morgan fingerprint density at radius 2 is 1.42 bits per heavy atom. The average Bonchev–Trinajstić information content (AvgIpc) is 2.86. The van der Waals surface area contributed by atoms with Gasteiger partial charge in [-0.15, -0.1) is 0 Å². The molecule has 0 fully saturated rings. The van der Waals surface area contributed by atoms with Crippen molar-refractivity contribution in [2.45, 2.75) is 0 Å². The van der Waals surface area contributed by atoms with Crippen molar-refractivity contribution in [3.05, 3.63) is 77.9 Å². The van der Waals surface area contributed by atoms with Gasteiger partial charge in [0, 0.05) is 5.56 Å². The number of carbonyl (C=O) groups is 2. The number of rotatable bonds is 10. The van der Waals surface area contributed by atoms with Crippen LogP contribution >= 0.6 is 0 Å². The molecule has 0 aliphatic rings. The second-order valence-corrected chi connectivity index (χ2v) is 6.83. The number of hydrogen-bond donors (Lipinski definition) is 2. The monoisotopic (exact) mass is 450 g/mol. The average molecular weight is 450 g/mol. The molecule has 8 nitrogen and oxygen atoms in total. The van der Waals surface area contributed by atoms with Crippen molar-refractivity contribution in [1.29, 1.82) is 0 Å². The lowest BCUT2D eigenvalue weighted by molar-refractivity contribution is 0.0948. The van der Waals surface area contributed by atoms with Gasteiger partial charge in [-0.05, 0) is 36.4 Å². The van der Waals surface area contributed by atoms with Gasteiger partial charge in [0.05, 0.1) is 39.1 Å². The highest BCUT2D eigenvalue weighted by molar-refractivity contribution is 6.09. The molecule has 0 heterocycles. The van der Waals surface area contributed by atoms with E-state index >= 15 is 0 Å². The summed E-state index contributed by atoms with van der Waals surface area (Å²) in [5.41, 5.74) is 0.992. The van der Waals surface area contributed by atoms with Gasteiger partial charge in [0.25, 0.3) is 11.8 Å². The maximum atomic E-state index is 12.9. The number of para-hydroxylation sites is 2. The van der Waals surface area contributed by atoms with E-state index in [4.69, 9.17) is 18.9 Å². The SMILES string of the molecule is COc1cc(C(=O)Nc2ccccc2C(=O)NCCOc2ccccc2)cc(OC)c1OC. The molecular weight excluding hydrogens is 424 g/mol. The number of benzene rings is 3. The summed E-state index contributed by atoms with van der Waals surface area (Å²) in [7, 11) is 4.43. The summed E-state index contributed by atoms with van der Waals surface area (Å²) in [5, 5.41) is 5.58. The van der Waals surface area contributed by atoms with Crippen molar-refractivity contribution >= 4 is 17.5 Å². The lowest BCUT2D eigenvalue weighted by atomic mass is 10.1. The van der Waals surface area contributed by atoms with Crippen molar-refractivity contribution in [3.8, 4) is 23.0 Å². The van der Waals surface area contributed by atoms with Gasteiger partial charge in [0.15, 0.2) is 11.5 Å². The highest BCUT2D eigenvalue weighted by atomic mass is 16.5. The molecule has 3 aromatic carbocycles. The third-order valence-corrected chi connectivity index (χ3v) is 4.75. The minimum atomic E-state index is -0.429. The van der Waals surface area contributed by atoms with Crippen LogP contribution < -0.4 is 29.6 Å². The summed E-state index contributed by atoms with van der Waals surface area (Å²) in [6, 6.07) is 19.2. The molecule has 0 saturated heterocycles. The topological polar surface area (TPSA) is 95.1 Å². The minimum absolute atomic E-state index is 0.288. The van der Waals surface area contributed by atoms with Crippen molar-refractivity contribution in [2.75, 3.05) is 39.8 Å². The molecule has 0 spiro atoms. The summed E-state index contributed by atoms with van der Waals surface area (Å²) in [4.78, 5) is 25.6. The molecule has 8 heteroatoms. The van der Waals surface area contributed by atoms with E-state index in [9.17, 15) is 9.59 Å². The molecule has 0 aliphatic carbocycles. The van der Waals surface area contributed by atoms with Crippen LogP contribution in [-0.4, -0.2) is 46.3 Å². The van der Waals surface area contributed by atoms with Gasteiger partial charge < -0.3 is 29.6 Å². The summed E-state index contributed by atoms with van der Waals surface area (Å²) >= 11 is 0. The molecule has 0 bridgehead atoms. The van der Waals surface area contributed by atoms with E-state index in [0.717, 1.165) is 5.75 Å². The zero-order chi connectivity index (χ0) is 23.6. The van der Waals surface area contributed by atoms with E-state index in [1.807, 2.05) is 30.3 Å². The molecule has 3 rings (SSSR count). The molecule has 0 aromatic heterocycles. The van der Waals surface area contributed by atoms with Gasteiger partial charge in [0.1, 0.15) is 12.4 Å².